The number of aromatic nitrogens is 5. The molecule has 0 radical (unpaired) electrons. The van der Waals surface area contributed by atoms with Gasteiger partial charge in [0.1, 0.15) is 11.8 Å². The summed E-state index contributed by atoms with van der Waals surface area (Å²) in [7, 11) is 0. The Morgan fingerprint density at radius 1 is 1.00 bits per heavy atom. The first-order valence-corrected chi connectivity index (χ1v) is 6.57. The number of nitrogens with two attached hydrogens (primary N) is 1. The van der Waals surface area contributed by atoms with Crippen LogP contribution in [0.1, 0.15) is 5.56 Å². The standard InChI is InChI=1S/C15H12N6/c16-14-13-15(19-8-18-14)21(9-20-13)7-10-5-6-17-12-4-2-1-3-11(10)12/h1-6,8-9H,7H2,(H2,16,18,19). The van der Waals surface area contributed by atoms with Crippen LogP contribution >= 0.6 is 0 Å². The molecule has 21 heavy (non-hydrogen) atoms. The predicted octanol–water partition coefficient (Wildman–Crippen LogP) is 2.00. The second-order valence-electron chi connectivity index (χ2n) is 4.79. The van der Waals surface area contributed by atoms with E-state index in [-0.39, 0.29) is 0 Å². The van der Waals surface area contributed by atoms with Crippen molar-refractivity contribution in [2.45, 2.75) is 6.54 Å². The molecule has 0 amide bonds. The van der Waals surface area contributed by atoms with Gasteiger partial charge in [-0.2, -0.15) is 0 Å². The summed E-state index contributed by atoms with van der Waals surface area (Å²) in [6.45, 7) is 0.663. The van der Waals surface area contributed by atoms with Gasteiger partial charge in [-0.25, -0.2) is 15.0 Å². The van der Waals surface area contributed by atoms with Crippen LogP contribution in [-0.2, 0) is 6.54 Å². The lowest BCUT2D eigenvalue weighted by molar-refractivity contribution is 0.817. The average molecular weight is 276 g/mol. The minimum absolute atomic E-state index is 0.401. The first-order valence-electron chi connectivity index (χ1n) is 6.57. The molecule has 6 heteroatoms. The second kappa shape index (κ2) is 4.52. The van der Waals surface area contributed by atoms with Gasteiger partial charge >= 0.3 is 0 Å². The van der Waals surface area contributed by atoms with Crippen molar-refractivity contribution in [1.29, 1.82) is 0 Å². The van der Waals surface area contributed by atoms with Gasteiger partial charge in [0, 0.05) is 11.6 Å². The van der Waals surface area contributed by atoms with Gasteiger partial charge in [0.25, 0.3) is 0 Å². The summed E-state index contributed by atoms with van der Waals surface area (Å²) in [6, 6.07) is 10.1. The summed E-state index contributed by atoms with van der Waals surface area (Å²) in [5.41, 5.74) is 9.33. The molecule has 2 N–H and O–H groups in total. The van der Waals surface area contributed by atoms with Gasteiger partial charge < -0.3 is 10.3 Å². The van der Waals surface area contributed by atoms with Crippen LogP contribution in [0, 0.1) is 0 Å². The summed E-state index contributed by atoms with van der Waals surface area (Å²) in [5, 5.41) is 1.13. The lowest BCUT2D eigenvalue weighted by Gasteiger charge is -2.07. The molecule has 3 heterocycles. The van der Waals surface area contributed by atoms with Crippen molar-refractivity contribution < 1.29 is 0 Å². The molecule has 0 aliphatic carbocycles. The lowest BCUT2D eigenvalue weighted by atomic mass is 10.1. The van der Waals surface area contributed by atoms with Crippen molar-refractivity contribution in [1.82, 2.24) is 24.5 Å². The highest BCUT2D eigenvalue weighted by molar-refractivity contribution is 5.83. The van der Waals surface area contributed by atoms with Gasteiger partial charge in [0.15, 0.2) is 11.5 Å². The van der Waals surface area contributed by atoms with Crippen LogP contribution < -0.4 is 5.73 Å². The minimum atomic E-state index is 0.401. The van der Waals surface area contributed by atoms with Gasteiger partial charge in [-0.3, -0.25) is 4.98 Å². The number of benzene rings is 1. The van der Waals surface area contributed by atoms with Gasteiger partial charge in [-0.05, 0) is 17.7 Å². The Kier molecular flexibility index (Phi) is 2.53. The summed E-state index contributed by atoms with van der Waals surface area (Å²) in [4.78, 5) is 16.9. The number of fused-ring (bicyclic) bond motifs is 2. The molecule has 0 fully saturated rings. The van der Waals surface area contributed by atoms with Crippen molar-refractivity contribution in [2.24, 2.45) is 0 Å². The van der Waals surface area contributed by atoms with Crippen LogP contribution in [0.5, 0.6) is 0 Å². The summed E-state index contributed by atoms with van der Waals surface area (Å²) >= 11 is 0. The van der Waals surface area contributed by atoms with Crippen molar-refractivity contribution in [3.05, 3.63) is 54.7 Å². The molecule has 102 valence electrons. The second-order valence-corrected chi connectivity index (χ2v) is 4.79. The number of para-hydroxylation sites is 1. The number of nitrogen functional groups attached to an aromatic ring is 1. The van der Waals surface area contributed by atoms with E-state index in [2.05, 4.69) is 26.0 Å². The Balaban J connectivity index is 1.85. The highest BCUT2D eigenvalue weighted by atomic mass is 15.1. The largest absolute Gasteiger partial charge is 0.382 e. The number of hydrogen-bond donors (Lipinski definition) is 1. The summed E-state index contributed by atoms with van der Waals surface area (Å²) in [5.74, 6) is 0.401. The SMILES string of the molecule is Nc1ncnc2c1ncn2Cc1ccnc2ccccc12. The molecule has 0 atom stereocenters. The van der Waals surface area contributed by atoms with Gasteiger partial charge in [-0.15, -0.1) is 0 Å². The zero-order chi connectivity index (χ0) is 14.2. The van der Waals surface area contributed by atoms with Gasteiger partial charge in [0.05, 0.1) is 18.4 Å². The third-order valence-electron chi connectivity index (χ3n) is 3.51. The Morgan fingerprint density at radius 3 is 2.86 bits per heavy atom. The van der Waals surface area contributed by atoms with Crippen LogP contribution in [0.15, 0.2) is 49.2 Å². The molecule has 0 unspecified atom stereocenters. The average Bonchev–Trinajstić information content (AvgIpc) is 2.92. The topological polar surface area (TPSA) is 82.5 Å². The van der Waals surface area contributed by atoms with E-state index in [0.29, 0.717) is 17.9 Å². The maximum atomic E-state index is 5.82. The van der Waals surface area contributed by atoms with Gasteiger partial charge in [-0.1, -0.05) is 18.2 Å². The Hall–Kier alpha value is -3.02. The third kappa shape index (κ3) is 1.88. The molecule has 3 aromatic heterocycles. The molecule has 4 rings (SSSR count). The fourth-order valence-electron chi connectivity index (χ4n) is 2.49. The minimum Gasteiger partial charge on any atom is -0.382 e. The van der Waals surface area contributed by atoms with E-state index in [1.807, 2.05) is 35.0 Å². The van der Waals surface area contributed by atoms with Crippen LogP contribution in [0.25, 0.3) is 22.1 Å². The number of nitrogens with zero attached hydrogens (tertiary/aromatic N) is 5. The zero-order valence-corrected chi connectivity index (χ0v) is 11.1. The van der Waals surface area contributed by atoms with Crippen molar-refractivity contribution in [3.8, 4) is 0 Å². The van der Waals surface area contributed by atoms with E-state index in [0.717, 1.165) is 22.1 Å². The molecular weight excluding hydrogens is 264 g/mol. The highest BCUT2D eigenvalue weighted by Gasteiger charge is 2.09. The van der Waals surface area contributed by atoms with E-state index in [1.165, 1.54) is 6.33 Å². The summed E-state index contributed by atoms with van der Waals surface area (Å²) in [6.07, 6.45) is 5.02. The maximum absolute atomic E-state index is 5.82. The first kappa shape index (κ1) is 11.8. The van der Waals surface area contributed by atoms with Crippen LogP contribution in [0.2, 0.25) is 0 Å². The molecule has 4 aromatic rings. The number of pyridine rings is 1. The Bertz CT molecular complexity index is 938. The molecule has 0 saturated carbocycles. The number of rotatable bonds is 2. The fraction of sp³-hybridized carbons (Fsp3) is 0.0667. The molecule has 0 bridgehead atoms. The molecule has 6 nitrogen and oxygen atoms in total. The van der Waals surface area contributed by atoms with Crippen molar-refractivity contribution in [3.63, 3.8) is 0 Å². The predicted molar refractivity (Wildman–Crippen MR) is 80.6 cm³/mol. The van der Waals surface area contributed by atoms with Crippen LogP contribution in [-0.4, -0.2) is 24.5 Å². The molecule has 0 aliphatic rings. The smallest absolute Gasteiger partial charge is 0.165 e. The Labute approximate surface area is 120 Å². The first-order chi connectivity index (χ1) is 10.3. The number of anilines is 1. The van der Waals surface area contributed by atoms with E-state index < -0.39 is 0 Å². The van der Waals surface area contributed by atoms with Crippen LogP contribution in [0.4, 0.5) is 5.82 Å². The van der Waals surface area contributed by atoms with E-state index in [4.69, 9.17) is 5.73 Å². The maximum Gasteiger partial charge on any atom is 0.165 e. The molecule has 0 aliphatic heterocycles. The highest BCUT2D eigenvalue weighted by Crippen LogP contribution is 2.20. The zero-order valence-electron chi connectivity index (χ0n) is 11.1. The summed E-state index contributed by atoms with van der Waals surface area (Å²) < 4.78 is 1.97. The van der Waals surface area contributed by atoms with Crippen molar-refractivity contribution in [2.75, 3.05) is 5.73 Å². The van der Waals surface area contributed by atoms with E-state index >= 15 is 0 Å². The fourth-order valence-corrected chi connectivity index (χ4v) is 2.49. The lowest BCUT2D eigenvalue weighted by Crippen LogP contribution is -2.01. The molecular formula is C15H12N6. The van der Waals surface area contributed by atoms with Crippen molar-refractivity contribution >= 4 is 27.9 Å². The van der Waals surface area contributed by atoms with E-state index in [1.54, 1.807) is 6.33 Å². The van der Waals surface area contributed by atoms with Crippen LogP contribution in [0.3, 0.4) is 0 Å². The number of hydrogen-bond acceptors (Lipinski definition) is 5. The van der Waals surface area contributed by atoms with E-state index in [9.17, 15) is 0 Å². The third-order valence-corrected chi connectivity index (χ3v) is 3.51. The normalized spacial score (nSPS) is 11.2. The molecule has 1 aromatic carbocycles. The monoisotopic (exact) mass is 276 g/mol. The van der Waals surface area contributed by atoms with Gasteiger partial charge in [0.2, 0.25) is 0 Å². The molecule has 0 saturated heterocycles. The quantitative estimate of drug-likeness (QED) is 0.605. The number of imidazole rings is 1. The Morgan fingerprint density at radius 2 is 1.90 bits per heavy atom. The molecule has 0 spiro atoms.